The van der Waals surface area contributed by atoms with E-state index in [0.29, 0.717) is 36.3 Å². The summed E-state index contributed by atoms with van der Waals surface area (Å²) < 4.78 is 23.1. The maximum Gasteiger partial charge on any atom is 0.203 e. The van der Waals surface area contributed by atoms with E-state index in [9.17, 15) is 0 Å². The van der Waals surface area contributed by atoms with Crippen LogP contribution in [0.25, 0.3) is 0 Å². The molecule has 1 aliphatic heterocycles. The minimum absolute atomic E-state index is 0.0538. The summed E-state index contributed by atoms with van der Waals surface area (Å²) in [4.78, 5) is 0. The van der Waals surface area contributed by atoms with Crippen molar-refractivity contribution in [3.8, 4) is 23.0 Å². The summed E-state index contributed by atoms with van der Waals surface area (Å²) in [5.41, 5.74) is 2.57. The number of hydrogen-bond donors (Lipinski definition) is 1. The fraction of sp³-hybridized carbons (Fsp3) is 0.308. The molecule has 0 fully saturated rings. The molecule has 5 nitrogen and oxygen atoms in total. The van der Waals surface area contributed by atoms with E-state index < -0.39 is 0 Å². The molecule has 0 saturated carbocycles. The van der Waals surface area contributed by atoms with E-state index in [0.717, 1.165) is 18.7 Å². The Hall–Kier alpha value is -3.18. The zero-order chi connectivity index (χ0) is 21.5. The lowest BCUT2D eigenvalue weighted by Crippen LogP contribution is -2.40. The Kier molecular flexibility index (Phi) is 6.95. The molecular formula is C26H29NO4. The molecule has 0 unspecified atom stereocenters. The summed E-state index contributed by atoms with van der Waals surface area (Å²) in [6.07, 6.45) is 1.03. The van der Waals surface area contributed by atoms with Gasteiger partial charge < -0.3 is 24.3 Å². The highest BCUT2D eigenvalue weighted by atomic mass is 16.5. The second kappa shape index (κ2) is 10.2. The summed E-state index contributed by atoms with van der Waals surface area (Å²) in [6.45, 7) is 1.92. The Morgan fingerprint density at radius 3 is 2.32 bits per heavy atom. The van der Waals surface area contributed by atoms with Gasteiger partial charge in [0.2, 0.25) is 5.75 Å². The lowest BCUT2D eigenvalue weighted by molar-refractivity contribution is 0.145. The summed E-state index contributed by atoms with van der Waals surface area (Å²) in [5.74, 6) is 3.24. The van der Waals surface area contributed by atoms with Crippen LogP contribution in [0.15, 0.2) is 72.8 Å². The van der Waals surface area contributed by atoms with Crippen LogP contribution < -0.4 is 24.3 Å². The minimum Gasteiger partial charge on any atom is -0.493 e. The largest absolute Gasteiger partial charge is 0.493 e. The summed E-state index contributed by atoms with van der Waals surface area (Å²) in [6, 6.07) is 24.5. The Morgan fingerprint density at radius 1 is 0.871 bits per heavy atom. The van der Waals surface area contributed by atoms with Gasteiger partial charge >= 0.3 is 0 Å². The van der Waals surface area contributed by atoms with Gasteiger partial charge in [-0.3, -0.25) is 0 Å². The highest BCUT2D eigenvalue weighted by Crippen LogP contribution is 2.37. The molecule has 31 heavy (non-hydrogen) atoms. The minimum atomic E-state index is 0.0538. The van der Waals surface area contributed by atoms with Crippen molar-refractivity contribution < 1.29 is 18.9 Å². The molecule has 2 atom stereocenters. The van der Waals surface area contributed by atoms with Crippen molar-refractivity contribution >= 4 is 0 Å². The summed E-state index contributed by atoms with van der Waals surface area (Å²) >= 11 is 0. The summed E-state index contributed by atoms with van der Waals surface area (Å²) in [7, 11) is 3.25. The van der Waals surface area contributed by atoms with E-state index >= 15 is 0 Å². The van der Waals surface area contributed by atoms with Crippen molar-refractivity contribution in [2.75, 3.05) is 33.9 Å². The van der Waals surface area contributed by atoms with Gasteiger partial charge in [0.15, 0.2) is 11.5 Å². The van der Waals surface area contributed by atoms with Crippen LogP contribution in [0.3, 0.4) is 0 Å². The fourth-order valence-electron chi connectivity index (χ4n) is 4.05. The molecule has 162 valence electrons. The average molecular weight is 420 g/mol. The first-order valence-electron chi connectivity index (χ1n) is 10.6. The molecule has 0 saturated heterocycles. The number of fused-ring (bicyclic) bond motifs is 1. The van der Waals surface area contributed by atoms with Gasteiger partial charge in [0.25, 0.3) is 0 Å². The third-order valence-electron chi connectivity index (χ3n) is 5.62. The lowest BCUT2D eigenvalue weighted by atomic mass is 9.85. The zero-order valence-corrected chi connectivity index (χ0v) is 18.0. The Morgan fingerprint density at radius 2 is 1.58 bits per heavy atom. The number of hydrogen-bond acceptors (Lipinski definition) is 5. The molecule has 0 radical (unpaired) electrons. The van der Waals surface area contributed by atoms with E-state index in [4.69, 9.17) is 18.9 Å². The van der Waals surface area contributed by atoms with Crippen LogP contribution in [0.2, 0.25) is 0 Å². The van der Waals surface area contributed by atoms with Gasteiger partial charge in [-0.1, -0.05) is 54.6 Å². The predicted molar refractivity (Wildman–Crippen MR) is 122 cm³/mol. The molecule has 1 N–H and O–H groups in total. The third kappa shape index (κ3) is 4.94. The van der Waals surface area contributed by atoms with Crippen LogP contribution >= 0.6 is 0 Å². The highest BCUT2D eigenvalue weighted by molar-refractivity contribution is 5.51. The molecule has 4 rings (SSSR count). The maximum absolute atomic E-state index is 6.39. The first kappa shape index (κ1) is 21.1. The maximum atomic E-state index is 6.39. The molecule has 0 amide bonds. The number of para-hydroxylation sites is 2. The Balaban J connectivity index is 1.37. The van der Waals surface area contributed by atoms with Gasteiger partial charge in [-0.2, -0.15) is 0 Å². The van der Waals surface area contributed by atoms with Gasteiger partial charge in [-0.25, -0.2) is 0 Å². The quantitative estimate of drug-likeness (QED) is 0.519. The van der Waals surface area contributed by atoms with Crippen molar-refractivity contribution in [1.29, 1.82) is 0 Å². The predicted octanol–water partition coefficient (Wildman–Crippen LogP) is 4.46. The van der Waals surface area contributed by atoms with Gasteiger partial charge in [-0.05, 0) is 35.7 Å². The molecule has 0 bridgehead atoms. The average Bonchev–Trinajstić information content (AvgIpc) is 2.83. The van der Waals surface area contributed by atoms with E-state index in [2.05, 4.69) is 53.8 Å². The second-order valence-electron chi connectivity index (χ2n) is 7.53. The van der Waals surface area contributed by atoms with E-state index in [-0.39, 0.29) is 6.10 Å². The number of nitrogens with one attached hydrogen (secondary N) is 1. The van der Waals surface area contributed by atoms with Gasteiger partial charge in [0.1, 0.15) is 18.5 Å². The van der Waals surface area contributed by atoms with E-state index in [1.165, 1.54) is 11.1 Å². The van der Waals surface area contributed by atoms with Crippen molar-refractivity contribution in [3.63, 3.8) is 0 Å². The molecule has 1 aliphatic rings. The normalized spacial score (nSPS) is 17.4. The molecule has 3 aromatic rings. The fourth-order valence-corrected chi connectivity index (χ4v) is 4.05. The van der Waals surface area contributed by atoms with Crippen molar-refractivity contribution in [2.45, 2.75) is 18.4 Å². The molecule has 0 aliphatic carbocycles. The monoisotopic (exact) mass is 419 g/mol. The molecule has 0 aromatic heterocycles. The standard InChI is InChI=1S/C26H29NO4/c1-28-23-13-8-14-24(29-2)26(23)30-16-15-27-18-25-21(19-9-4-3-5-10-19)17-20-11-6-7-12-22(20)31-25/h3-14,21,25,27H,15-18H2,1-2H3/t21-,25-/m1/s1. The number of ether oxygens (including phenoxy) is 4. The number of rotatable bonds is 9. The highest BCUT2D eigenvalue weighted by Gasteiger charge is 2.30. The zero-order valence-electron chi connectivity index (χ0n) is 18.0. The Bertz CT molecular complexity index is 954. The SMILES string of the molecule is COc1cccc(OC)c1OCCNC[C@H]1Oc2ccccc2C[C@@H]1c1ccccc1. The van der Waals surface area contributed by atoms with Crippen LogP contribution in [-0.2, 0) is 6.42 Å². The van der Waals surface area contributed by atoms with E-state index in [1.807, 2.05) is 24.3 Å². The van der Waals surface area contributed by atoms with Crippen LogP contribution in [0, 0.1) is 0 Å². The molecule has 1 heterocycles. The van der Waals surface area contributed by atoms with Crippen LogP contribution in [0.5, 0.6) is 23.0 Å². The smallest absolute Gasteiger partial charge is 0.203 e. The van der Waals surface area contributed by atoms with Crippen LogP contribution in [-0.4, -0.2) is 40.0 Å². The van der Waals surface area contributed by atoms with Crippen molar-refractivity contribution in [3.05, 3.63) is 83.9 Å². The van der Waals surface area contributed by atoms with Crippen LogP contribution in [0.1, 0.15) is 17.0 Å². The first-order valence-corrected chi connectivity index (χ1v) is 10.6. The van der Waals surface area contributed by atoms with Crippen molar-refractivity contribution in [2.24, 2.45) is 0 Å². The second-order valence-corrected chi connectivity index (χ2v) is 7.53. The van der Waals surface area contributed by atoms with Gasteiger partial charge in [-0.15, -0.1) is 0 Å². The number of methoxy groups -OCH3 is 2. The van der Waals surface area contributed by atoms with Gasteiger partial charge in [0, 0.05) is 19.0 Å². The molecule has 3 aromatic carbocycles. The van der Waals surface area contributed by atoms with Gasteiger partial charge in [0.05, 0.1) is 14.2 Å². The summed E-state index contributed by atoms with van der Waals surface area (Å²) in [5, 5.41) is 3.50. The topological polar surface area (TPSA) is 49.0 Å². The van der Waals surface area contributed by atoms with E-state index in [1.54, 1.807) is 14.2 Å². The Labute approximate surface area is 183 Å². The lowest BCUT2D eigenvalue weighted by Gasteiger charge is -2.34. The molecule has 5 heteroatoms. The van der Waals surface area contributed by atoms with Crippen LogP contribution in [0.4, 0.5) is 0 Å². The first-order chi connectivity index (χ1) is 15.3. The molecule has 0 spiro atoms. The molecular weight excluding hydrogens is 390 g/mol. The number of benzene rings is 3. The third-order valence-corrected chi connectivity index (χ3v) is 5.62. The van der Waals surface area contributed by atoms with Crippen molar-refractivity contribution in [1.82, 2.24) is 5.32 Å².